The van der Waals surface area contributed by atoms with Gasteiger partial charge in [-0.3, -0.25) is 0 Å². The second kappa shape index (κ2) is 2.79. The second-order valence-corrected chi connectivity index (χ2v) is 3.19. The van der Waals surface area contributed by atoms with Crippen LogP contribution in [0, 0.1) is 16.7 Å². The zero-order chi connectivity index (χ0) is 8.32. The normalized spacial score (nSPS) is 30.4. The summed E-state index contributed by atoms with van der Waals surface area (Å²) in [5, 5.41) is 8.81. The van der Waals surface area contributed by atoms with E-state index in [-0.39, 0.29) is 5.41 Å². The molecule has 58 valence electrons. The van der Waals surface area contributed by atoms with Crippen molar-refractivity contribution < 1.29 is 0 Å². The maximum Gasteiger partial charge on any atom is 0.0693 e. The Morgan fingerprint density at radius 1 is 1.64 bits per heavy atom. The smallest absolute Gasteiger partial charge is 0.0693 e. The molecule has 2 heteroatoms. The van der Waals surface area contributed by atoms with Gasteiger partial charge < -0.3 is 5.73 Å². The van der Waals surface area contributed by atoms with Gasteiger partial charge in [-0.15, -0.1) is 0 Å². The van der Waals surface area contributed by atoms with Crippen LogP contribution >= 0.6 is 0 Å². The van der Waals surface area contributed by atoms with E-state index in [1.807, 2.05) is 25.2 Å². The van der Waals surface area contributed by atoms with E-state index in [0.29, 0.717) is 0 Å². The Kier molecular flexibility index (Phi) is 2.00. The Bertz CT molecular complexity index is 245. The van der Waals surface area contributed by atoms with Crippen molar-refractivity contribution in [1.29, 1.82) is 5.26 Å². The molecule has 11 heavy (non-hydrogen) atoms. The zero-order valence-electron chi connectivity index (χ0n) is 6.67. The number of rotatable bonds is 0. The van der Waals surface area contributed by atoms with E-state index in [0.717, 1.165) is 18.5 Å². The molecule has 2 N–H and O–H groups in total. The van der Waals surface area contributed by atoms with Crippen molar-refractivity contribution in [3.05, 3.63) is 23.9 Å². The molecule has 0 saturated heterocycles. The first-order valence-corrected chi connectivity index (χ1v) is 3.70. The van der Waals surface area contributed by atoms with Crippen LogP contribution in [0.25, 0.3) is 0 Å². The minimum absolute atomic E-state index is 0.252. The molecule has 0 spiro atoms. The van der Waals surface area contributed by atoms with Crippen molar-refractivity contribution in [1.82, 2.24) is 0 Å². The van der Waals surface area contributed by atoms with Gasteiger partial charge in [0, 0.05) is 5.70 Å². The van der Waals surface area contributed by atoms with E-state index < -0.39 is 0 Å². The summed E-state index contributed by atoms with van der Waals surface area (Å²) >= 11 is 0. The zero-order valence-corrected chi connectivity index (χ0v) is 6.67. The van der Waals surface area contributed by atoms with E-state index in [9.17, 15) is 0 Å². The predicted octanol–water partition coefficient (Wildman–Crippen LogP) is 1.71. The van der Waals surface area contributed by atoms with E-state index >= 15 is 0 Å². The summed E-state index contributed by atoms with van der Waals surface area (Å²) in [6, 6.07) is 2.29. The Morgan fingerprint density at radius 3 is 3.00 bits per heavy atom. The quantitative estimate of drug-likeness (QED) is 0.568. The van der Waals surface area contributed by atoms with Crippen LogP contribution in [-0.2, 0) is 0 Å². The fourth-order valence-corrected chi connectivity index (χ4v) is 1.04. The molecular weight excluding hydrogens is 136 g/mol. The van der Waals surface area contributed by atoms with Crippen molar-refractivity contribution in [3.63, 3.8) is 0 Å². The SMILES string of the molecule is CC1(C#N)CC=CC(N)=CC1. The van der Waals surface area contributed by atoms with Crippen LogP contribution in [0.15, 0.2) is 23.9 Å². The first-order valence-electron chi connectivity index (χ1n) is 3.70. The van der Waals surface area contributed by atoms with E-state index in [4.69, 9.17) is 11.0 Å². The van der Waals surface area contributed by atoms with E-state index in [1.165, 1.54) is 0 Å². The Hall–Kier alpha value is -1.23. The Morgan fingerprint density at radius 2 is 2.36 bits per heavy atom. The summed E-state index contributed by atoms with van der Waals surface area (Å²) in [5.41, 5.74) is 6.09. The fraction of sp³-hybridized carbons (Fsp3) is 0.444. The third-order valence-electron chi connectivity index (χ3n) is 1.94. The van der Waals surface area contributed by atoms with Gasteiger partial charge in [0.15, 0.2) is 0 Å². The van der Waals surface area contributed by atoms with E-state index in [1.54, 1.807) is 0 Å². The Balaban J connectivity index is 2.81. The number of allylic oxidation sites excluding steroid dienone is 3. The first-order chi connectivity index (χ1) is 5.16. The average Bonchev–Trinajstić information content (AvgIpc) is 2.15. The highest BCUT2D eigenvalue weighted by atomic mass is 14.6. The molecule has 1 rings (SSSR count). The molecule has 2 nitrogen and oxygen atoms in total. The molecule has 0 radical (unpaired) electrons. The van der Waals surface area contributed by atoms with Gasteiger partial charge in [-0.05, 0) is 25.8 Å². The van der Waals surface area contributed by atoms with Crippen LogP contribution in [0.3, 0.4) is 0 Å². The van der Waals surface area contributed by atoms with Crippen LogP contribution in [0.5, 0.6) is 0 Å². The van der Waals surface area contributed by atoms with Gasteiger partial charge in [0.05, 0.1) is 11.5 Å². The Labute approximate surface area is 67.0 Å². The van der Waals surface area contributed by atoms with Gasteiger partial charge >= 0.3 is 0 Å². The summed E-state index contributed by atoms with van der Waals surface area (Å²) in [7, 11) is 0. The van der Waals surface area contributed by atoms with Crippen molar-refractivity contribution in [3.8, 4) is 6.07 Å². The molecule has 0 aromatic heterocycles. The van der Waals surface area contributed by atoms with Crippen LogP contribution in [-0.4, -0.2) is 0 Å². The molecule has 0 saturated carbocycles. The summed E-state index contributed by atoms with van der Waals surface area (Å²) in [6.07, 6.45) is 7.28. The van der Waals surface area contributed by atoms with Crippen LogP contribution in [0.2, 0.25) is 0 Å². The lowest BCUT2D eigenvalue weighted by atomic mass is 9.86. The summed E-state index contributed by atoms with van der Waals surface area (Å²) in [4.78, 5) is 0. The number of hydrogen-bond acceptors (Lipinski definition) is 2. The number of hydrogen-bond donors (Lipinski definition) is 1. The van der Waals surface area contributed by atoms with Crippen molar-refractivity contribution in [2.24, 2.45) is 11.1 Å². The van der Waals surface area contributed by atoms with Gasteiger partial charge in [0.25, 0.3) is 0 Å². The summed E-state index contributed by atoms with van der Waals surface area (Å²) in [5.74, 6) is 0. The highest BCUT2D eigenvalue weighted by Gasteiger charge is 2.21. The van der Waals surface area contributed by atoms with Crippen molar-refractivity contribution in [2.75, 3.05) is 0 Å². The fourth-order valence-electron chi connectivity index (χ4n) is 1.04. The molecular formula is C9H12N2. The van der Waals surface area contributed by atoms with Gasteiger partial charge in [-0.25, -0.2) is 0 Å². The number of nitrogens with zero attached hydrogens (tertiary/aromatic N) is 1. The predicted molar refractivity (Wildman–Crippen MR) is 44.4 cm³/mol. The third-order valence-corrected chi connectivity index (χ3v) is 1.94. The number of nitriles is 1. The third kappa shape index (κ3) is 1.84. The lowest BCUT2D eigenvalue weighted by Crippen LogP contribution is -2.10. The summed E-state index contributed by atoms with van der Waals surface area (Å²) < 4.78 is 0. The van der Waals surface area contributed by atoms with Gasteiger partial charge in [0.1, 0.15) is 0 Å². The van der Waals surface area contributed by atoms with E-state index in [2.05, 4.69) is 6.07 Å². The first kappa shape index (κ1) is 7.87. The molecule has 1 atom stereocenters. The minimum atomic E-state index is -0.252. The number of nitrogens with two attached hydrogens (primary N) is 1. The second-order valence-electron chi connectivity index (χ2n) is 3.19. The topological polar surface area (TPSA) is 49.8 Å². The van der Waals surface area contributed by atoms with Crippen molar-refractivity contribution in [2.45, 2.75) is 19.8 Å². The van der Waals surface area contributed by atoms with Crippen LogP contribution in [0.4, 0.5) is 0 Å². The maximum absolute atomic E-state index is 8.81. The van der Waals surface area contributed by atoms with Crippen LogP contribution in [0.1, 0.15) is 19.8 Å². The van der Waals surface area contributed by atoms with Gasteiger partial charge in [-0.1, -0.05) is 12.2 Å². The molecule has 1 unspecified atom stereocenters. The highest BCUT2D eigenvalue weighted by molar-refractivity contribution is 5.21. The maximum atomic E-state index is 8.81. The average molecular weight is 148 g/mol. The van der Waals surface area contributed by atoms with Crippen LogP contribution < -0.4 is 5.73 Å². The van der Waals surface area contributed by atoms with Gasteiger partial charge in [-0.2, -0.15) is 5.26 Å². The lowest BCUT2D eigenvalue weighted by Gasteiger charge is -2.15. The lowest BCUT2D eigenvalue weighted by molar-refractivity contribution is 0.457. The molecule has 0 fully saturated rings. The minimum Gasteiger partial charge on any atom is -0.399 e. The molecule has 0 heterocycles. The molecule has 0 aromatic rings. The molecule has 1 aliphatic rings. The summed E-state index contributed by atoms with van der Waals surface area (Å²) in [6.45, 7) is 1.95. The standard InChI is InChI=1S/C9H12N2/c1-9(7-10)5-2-3-8(11)4-6-9/h2-4H,5-6,11H2,1H3. The molecule has 1 aliphatic carbocycles. The monoisotopic (exact) mass is 148 g/mol. The molecule has 0 bridgehead atoms. The van der Waals surface area contributed by atoms with Gasteiger partial charge in [0.2, 0.25) is 0 Å². The van der Waals surface area contributed by atoms with Crippen molar-refractivity contribution >= 4 is 0 Å². The molecule has 0 aliphatic heterocycles. The molecule has 0 amide bonds. The molecule has 0 aromatic carbocycles. The largest absolute Gasteiger partial charge is 0.399 e. The highest BCUT2D eigenvalue weighted by Crippen LogP contribution is 2.28.